The number of nitrogens with one attached hydrogen (secondary N) is 1. The molecule has 0 aliphatic rings. The van der Waals surface area contributed by atoms with E-state index in [1.807, 2.05) is 6.92 Å². The zero-order valence-corrected chi connectivity index (χ0v) is 9.95. The summed E-state index contributed by atoms with van der Waals surface area (Å²) in [5, 5.41) is 3.26. The van der Waals surface area contributed by atoms with Gasteiger partial charge < -0.3 is 11.1 Å². The van der Waals surface area contributed by atoms with Crippen LogP contribution >= 0.6 is 15.9 Å². The van der Waals surface area contributed by atoms with E-state index in [4.69, 9.17) is 5.73 Å². The highest BCUT2D eigenvalue weighted by molar-refractivity contribution is 9.10. The van der Waals surface area contributed by atoms with Crippen LogP contribution < -0.4 is 11.1 Å². The first-order valence-electron chi connectivity index (χ1n) is 4.57. The van der Waals surface area contributed by atoms with Crippen molar-refractivity contribution in [3.05, 3.63) is 17.0 Å². The Morgan fingerprint density at radius 1 is 1.57 bits per heavy atom. The monoisotopic (exact) mass is 258 g/mol. The van der Waals surface area contributed by atoms with Crippen molar-refractivity contribution in [3.63, 3.8) is 0 Å². The van der Waals surface area contributed by atoms with Crippen molar-refractivity contribution in [2.45, 2.75) is 32.4 Å². The van der Waals surface area contributed by atoms with Gasteiger partial charge in [0.05, 0.1) is 4.47 Å². The van der Waals surface area contributed by atoms with E-state index in [0.717, 1.165) is 16.7 Å². The highest BCUT2D eigenvalue weighted by Crippen LogP contribution is 2.18. The van der Waals surface area contributed by atoms with Gasteiger partial charge in [0.2, 0.25) is 0 Å². The molecule has 0 bridgehead atoms. The average molecular weight is 259 g/mol. The Hall–Kier alpha value is -0.680. The Balaban J connectivity index is 2.56. The lowest BCUT2D eigenvalue weighted by Gasteiger charge is -2.16. The lowest BCUT2D eigenvalue weighted by Crippen LogP contribution is -2.26. The fourth-order valence-electron chi connectivity index (χ4n) is 1.27. The number of halogens is 1. The normalized spacial score (nSPS) is 14.9. The second kappa shape index (κ2) is 5.26. The highest BCUT2D eigenvalue weighted by Gasteiger charge is 2.07. The third kappa shape index (κ3) is 3.59. The van der Waals surface area contributed by atoms with Gasteiger partial charge in [-0.25, -0.2) is 9.97 Å². The quantitative estimate of drug-likeness (QED) is 0.865. The van der Waals surface area contributed by atoms with Crippen LogP contribution in [-0.2, 0) is 0 Å². The van der Waals surface area contributed by atoms with E-state index >= 15 is 0 Å². The molecule has 3 N–H and O–H groups in total. The van der Waals surface area contributed by atoms with E-state index in [-0.39, 0.29) is 6.04 Å². The lowest BCUT2D eigenvalue weighted by atomic mass is 10.1. The van der Waals surface area contributed by atoms with Crippen molar-refractivity contribution in [1.29, 1.82) is 0 Å². The van der Waals surface area contributed by atoms with Crippen LogP contribution in [0, 0.1) is 0 Å². The molecule has 1 aromatic heterocycles. The molecule has 0 fully saturated rings. The smallest absolute Gasteiger partial charge is 0.143 e. The number of nitrogens with two attached hydrogens (primary N) is 1. The summed E-state index contributed by atoms with van der Waals surface area (Å²) in [6.07, 6.45) is 4.15. The molecule has 5 heteroatoms. The van der Waals surface area contributed by atoms with Crippen LogP contribution in [-0.4, -0.2) is 22.1 Å². The summed E-state index contributed by atoms with van der Waals surface area (Å²) in [4.78, 5) is 8.01. The summed E-state index contributed by atoms with van der Waals surface area (Å²) in [6, 6.07) is 0.499. The molecular weight excluding hydrogens is 244 g/mol. The van der Waals surface area contributed by atoms with Crippen LogP contribution in [0.15, 0.2) is 17.0 Å². The first-order valence-corrected chi connectivity index (χ1v) is 5.36. The zero-order valence-electron chi connectivity index (χ0n) is 8.37. The van der Waals surface area contributed by atoms with Crippen LogP contribution in [0.3, 0.4) is 0 Å². The van der Waals surface area contributed by atoms with Gasteiger partial charge in [-0.1, -0.05) is 0 Å². The van der Waals surface area contributed by atoms with Crippen LogP contribution in [0.2, 0.25) is 0 Å². The van der Waals surface area contributed by atoms with E-state index in [9.17, 15) is 0 Å². The molecule has 0 amide bonds. The molecule has 0 aliphatic heterocycles. The second-order valence-electron chi connectivity index (χ2n) is 3.48. The zero-order chi connectivity index (χ0) is 10.6. The first kappa shape index (κ1) is 11.4. The fraction of sp³-hybridized carbons (Fsp3) is 0.556. The van der Waals surface area contributed by atoms with Gasteiger partial charge in [0, 0.05) is 18.3 Å². The molecule has 1 aromatic rings. The number of hydrogen-bond donors (Lipinski definition) is 2. The Morgan fingerprint density at radius 2 is 2.29 bits per heavy atom. The maximum atomic E-state index is 5.70. The fourth-order valence-corrected chi connectivity index (χ4v) is 1.60. The second-order valence-corrected chi connectivity index (χ2v) is 4.33. The minimum absolute atomic E-state index is 0.193. The standard InChI is InChI=1S/C9H15BrN4/c1-6(11)3-7(2)14-9-8(10)4-12-5-13-9/h4-7H,3,11H2,1-2H3,(H,12,13,14). The molecule has 2 unspecified atom stereocenters. The van der Waals surface area contributed by atoms with E-state index < -0.39 is 0 Å². The van der Waals surface area contributed by atoms with Gasteiger partial charge in [-0.2, -0.15) is 0 Å². The van der Waals surface area contributed by atoms with Gasteiger partial charge >= 0.3 is 0 Å². The van der Waals surface area contributed by atoms with Crippen molar-refractivity contribution in [1.82, 2.24) is 9.97 Å². The Morgan fingerprint density at radius 3 is 2.86 bits per heavy atom. The molecule has 78 valence electrons. The van der Waals surface area contributed by atoms with Crippen molar-refractivity contribution in [2.75, 3.05) is 5.32 Å². The predicted octanol–water partition coefficient (Wildman–Crippen LogP) is 1.78. The molecule has 0 aliphatic carbocycles. The van der Waals surface area contributed by atoms with Crippen LogP contribution in [0.5, 0.6) is 0 Å². The van der Waals surface area contributed by atoms with Gasteiger partial charge in [-0.05, 0) is 36.2 Å². The number of aromatic nitrogens is 2. The molecule has 14 heavy (non-hydrogen) atoms. The van der Waals surface area contributed by atoms with Gasteiger partial charge in [0.1, 0.15) is 12.1 Å². The summed E-state index contributed by atoms with van der Waals surface area (Å²) in [5.41, 5.74) is 5.70. The molecule has 4 nitrogen and oxygen atoms in total. The van der Waals surface area contributed by atoms with Crippen LogP contribution in [0.4, 0.5) is 5.82 Å². The van der Waals surface area contributed by atoms with Crippen molar-refractivity contribution >= 4 is 21.7 Å². The largest absolute Gasteiger partial charge is 0.367 e. The summed E-state index contributed by atoms with van der Waals surface area (Å²) < 4.78 is 0.872. The number of nitrogens with zero attached hydrogens (tertiary/aromatic N) is 2. The first-order chi connectivity index (χ1) is 6.59. The lowest BCUT2D eigenvalue weighted by molar-refractivity contribution is 0.603. The van der Waals surface area contributed by atoms with E-state index in [2.05, 4.69) is 38.1 Å². The maximum absolute atomic E-state index is 5.70. The average Bonchev–Trinajstić information content (AvgIpc) is 2.07. The summed E-state index contributed by atoms with van der Waals surface area (Å²) >= 11 is 3.37. The molecule has 0 saturated heterocycles. The van der Waals surface area contributed by atoms with Gasteiger partial charge in [0.15, 0.2) is 0 Å². The third-order valence-electron chi connectivity index (χ3n) is 1.78. The Bertz CT molecular complexity index is 290. The third-order valence-corrected chi connectivity index (χ3v) is 2.36. The van der Waals surface area contributed by atoms with Gasteiger partial charge in [-0.3, -0.25) is 0 Å². The predicted molar refractivity (Wildman–Crippen MR) is 61.1 cm³/mol. The Labute approximate surface area is 92.5 Å². The number of rotatable bonds is 4. The molecule has 0 aromatic carbocycles. The molecule has 1 rings (SSSR count). The molecule has 0 saturated carbocycles. The minimum atomic E-state index is 0.193. The van der Waals surface area contributed by atoms with E-state index in [1.54, 1.807) is 6.20 Å². The summed E-state index contributed by atoms with van der Waals surface area (Å²) in [6.45, 7) is 4.07. The van der Waals surface area contributed by atoms with Crippen LogP contribution in [0.25, 0.3) is 0 Å². The number of anilines is 1. The molecule has 1 heterocycles. The summed E-state index contributed by atoms with van der Waals surface area (Å²) in [5.74, 6) is 0.813. The maximum Gasteiger partial charge on any atom is 0.143 e. The Kier molecular flexibility index (Phi) is 4.28. The van der Waals surface area contributed by atoms with Gasteiger partial charge in [-0.15, -0.1) is 0 Å². The highest BCUT2D eigenvalue weighted by atomic mass is 79.9. The van der Waals surface area contributed by atoms with Gasteiger partial charge in [0.25, 0.3) is 0 Å². The van der Waals surface area contributed by atoms with E-state index in [0.29, 0.717) is 6.04 Å². The SMILES string of the molecule is CC(N)CC(C)Nc1ncncc1Br. The van der Waals surface area contributed by atoms with Crippen molar-refractivity contribution in [3.8, 4) is 0 Å². The van der Waals surface area contributed by atoms with Crippen molar-refractivity contribution < 1.29 is 0 Å². The summed E-state index contributed by atoms with van der Waals surface area (Å²) in [7, 11) is 0. The molecular formula is C9H15BrN4. The molecule has 0 spiro atoms. The van der Waals surface area contributed by atoms with E-state index in [1.165, 1.54) is 6.33 Å². The number of hydrogen-bond acceptors (Lipinski definition) is 4. The minimum Gasteiger partial charge on any atom is -0.367 e. The topological polar surface area (TPSA) is 63.8 Å². The van der Waals surface area contributed by atoms with Crippen LogP contribution in [0.1, 0.15) is 20.3 Å². The van der Waals surface area contributed by atoms with Crippen molar-refractivity contribution in [2.24, 2.45) is 5.73 Å². The molecule has 0 radical (unpaired) electrons. The molecule has 2 atom stereocenters.